The summed E-state index contributed by atoms with van der Waals surface area (Å²) in [6, 6.07) is 4.68. The lowest BCUT2D eigenvalue weighted by Gasteiger charge is -2.33. The van der Waals surface area contributed by atoms with Crippen molar-refractivity contribution in [2.45, 2.75) is 116 Å². The van der Waals surface area contributed by atoms with Crippen LogP contribution in [0.5, 0.6) is 0 Å². The van der Waals surface area contributed by atoms with E-state index < -0.39 is 8.07 Å². The fourth-order valence-electron chi connectivity index (χ4n) is 3.88. The molecule has 146 valence electrons. The van der Waals surface area contributed by atoms with E-state index in [1.807, 2.05) is 0 Å². The first-order valence-corrected chi connectivity index (χ1v) is 14.0. The van der Waals surface area contributed by atoms with Crippen LogP contribution in [-0.2, 0) is 0 Å². The molecule has 0 heterocycles. The third-order valence-electron chi connectivity index (χ3n) is 5.50. The molecule has 0 saturated carbocycles. The van der Waals surface area contributed by atoms with Crippen LogP contribution in [0, 0.1) is 0 Å². The molecule has 0 aliphatic heterocycles. The molecule has 0 spiro atoms. The van der Waals surface area contributed by atoms with Crippen LogP contribution >= 0.6 is 0 Å². The SMILES string of the molecule is CCCCCC[Si](CCCCCC)(CCCCCC)CNCCN. The van der Waals surface area contributed by atoms with Gasteiger partial charge in [-0.25, -0.2) is 0 Å². The van der Waals surface area contributed by atoms with Crippen molar-refractivity contribution in [3.8, 4) is 0 Å². The van der Waals surface area contributed by atoms with E-state index in [1.54, 1.807) is 18.1 Å². The summed E-state index contributed by atoms with van der Waals surface area (Å²) in [5.41, 5.74) is 5.73. The predicted molar refractivity (Wildman–Crippen MR) is 115 cm³/mol. The molecule has 0 rings (SSSR count). The van der Waals surface area contributed by atoms with E-state index in [1.165, 1.54) is 83.2 Å². The largest absolute Gasteiger partial charge is 0.329 e. The average molecular weight is 357 g/mol. The quantitative estimate of drug-likeness (QED) is 0.212. The monoisotopic (exact) mass is 356 g/mol. The zero-order valence-corrected chi connectivity index (χ0v) is 18.3. The lowest BCUT2D eigenvalue weighted by molar-refractivity contribution is 0.653. The van der Waals surface area contributed by atoms with E-state index in [0.29, 0.717) is 0 Å². The normalized spacial score (nSPS) is 12.0. The molecule has 0 aromatic heterocycles. The Kier molecular flexibility index (Phi) is 18.0. The van der Waals surface area contributed by atoms with Crippen molar-refractivity contribution in [3.63, 3.8) is 0 Å². The van der Waals surface area contributed by atoms with Crippen molar-refractivity contribution in [2.24, 2.45) is 5.73 Å². The second-order valence-corrected chi connectivity index (χ2v) is 12.8. The van der Waals surface area contributed by atoms with Gasteiger partial charge in [-0.2, -0.15) is 0 Å². The Morgan fingerprint density at radius 1 is 0.625 bits per heavy atom. The molecule has 0 aliphatic rings. The first kappa shape index (κ1) is 24.1. The zero-order valence-electron chi connectivity index (χ0n) is 17.3. The molecule has 3 N–H and O–H groups in total. The summed E-state index contributed by atoms with van der Waals surface area (Å²) in [5.74, 6) is 0. The van der Waals surface area contributed by atoms with Crippen molar-refractivity contribution in [3.05, 3.63) is 0 Å². The van der Waals surface area contributed by atoms with Crippen LogP contribution < -0.4 is 11.1 Å². The number of nitrogens with one attached hydrogen (secondary N) is 1. The Hall–Kier alpha value is 0.137. The van der Waals surface area contributed by atoms with Gasteiger partial charge in [-0.3, -0.25) is 0 Å². The molecule has 3 heteroatoms. The van der Waals surface area contributed by atoms with Gasteiger partial charge in [0.05, 0.1) is 8.07 Å². The standard InChI is InChI=1S/C21H48N2Si/c1-4-7-10-13-18-24(21-23-17-16-22,19-14-11-8-5-2)20-15-12-9-6-3/h23H,4-22H2,1-3H3. The number of hydrogen-bond acceptors (Lipinski definition) is 2. The van der Waals surface area contributed by atoms with Crippen molar-refractivity contribution in [2.75, 3.05) is 19.3 Å². The molecule has 0 aromatic carbocycles. The highest BCUT2D eigenvalue weighted by molar-refractivity contribution is 6.80. The lowest BCUT2D eigenvalue weighted by Crippen LogP contribution is -2.46. The Morgan fingerprint density at radius 3 is 1.38 bits per heavy atom. The van der Waals surface area contributed by atoms with Gasteiger partial charge in [0.15, 0.2) is 0 Å². The van der Waals surface area contributed by atoms with Gasteiger partial charge in [0.25, 0.3) is 0 Å². The van der Waals surface area contributed by atoms with Gasteiger partial charge >= 0.3 is 0 Å². The van der Waals surface area contributed by atoms with E-state index in [4.69, 9.17) is 5.73 Å². The molecule has 0 saturated heterocycles. The zero-order chi connectivity index (χ0) is 17.9. The summed E-state index contributed by atoms with van der Waals surface area (Å²) in [7, 11) is -1.15. The average Bonchev–Trinajstić information content (AvgIpc) is 2.60. The molecular weight excluding hydrogens is 308 g/mol. The molecular formula is C21H48N2Si. The molecule has 0 atom stereocenters. The van der Waals surface area contributed by atoms with Crippen LogP contribution in [0.25, 0.3) is 0 Å². The lowest BCUT2D eigenvalue weighted by atomic mass is 10.2. The first-order valence-electron chi connectivity index (χ1n) is 11.2. The molecule has 0 fully saturated rings. The van der Waals surface area contributed by atoms with Gasteiger partial charge in [-0.1, -0.05) is 116 Å². The third-order valence-corrected chi connectivity index (χ3v) is 10.7. The van der Waals surface area contributed by atoms with Crippen LogP contribution in [0.4, 0.5) is 0 Å². The van der Waals surface area contributed by atoms with E-state index >= 15 is 0 Å². The topological polar surface area (TPSA) is 38.0 Å². The molecule has 0 aliphatic carbocycles. The fraction of sp³-hybridized carbons (Fsp3) is 1.00. The number of unbranched alkanes of at least 4 members (excludes halogenated alkanes) is 9. The highest BCUT2D eigenvalue weighted by Crippen LogP contribution is 2.29. The molecule has 0 bridgehead atoms. The maximum atomic E-state index is 5.73. The van der Waals surface area contributed by atoms with E-state index in [0.717, 1.165) is 13.1 Å². The van der Waals surface area contributed by atoms with Crippen molar-refractivity contribution < 1.29 is 0 Å². The van der Waals surface area contributed by atoms with Crippen molar-refractivity contribution >= 4 is 8.07 Å². The first-order chi connectivity index (χ1) is 11.7. The Labute approximate surface area is 154 Å². The summed E-state index contributed by atoms with van der Waals surface area (Å²) in [6.07, 6.45) is 18.4. The highest BCUT2D eigenvalue weighted by Gasteiger charge is 2.30. The van der Waals surface area contributed by atoms with Gasteiger partial charge in [-0.05, 0) is 6.17 Å². The van der Waals surface area contributed by atoms with Crippen LogP contribution in [0.2, 0.25) is 18.1 Å². The Morgan fingerprint density at radius 2 is 1.04 bits per heavy atom. The van der Waals surface area contributed by atoms with Crippen molar-refractivity contribution in [1.29, 1.82) is 0 Å². The van der Waals surface area contributed by atoms with E-state index in [9.17, 15) is 0 Å². The van der Waals surface area contributed by atoms with Gasteiger partial charge < -0.3 is 11.1 Å². The summed E-state index contributed by atoms with van der Waals surface area (Å²) < 4.78 is 0. The van der Waals surface area contributed by atoms with Crippen LogP contribution in [0.3, 0.4) is 0 Å². The molecule has 0 radical (unpaired) electrons. The third kappa shape index (κ3) is 13.4. The number of nitrogens with two attached hydrogens (primary N) is 1. The molecule has 0 unspecified atom stereocenters. The number of hydrogen-bond donors (Lipinski definition) is 2. The maximum Gasteiger partial charge on any atom is 0.0687 e. The Bertz CT molecular complexity index is 215. The second-order valence-electron chi connectivity index (χ2n) is 7.90. The summed E-state index contributed by atoms with van der Waals surface area (Å²) in [4.78, 5) is 0. The van der Waals surface area contributed by atoms with Gasteiger partial charge in [0, 0.05) is 13.1 Å². The van der Waals surface area contributed by atoms with E-state index in [-0.39, 0.29) is 0 Å². The van der Waals surface area contributed by atoms with Gasteiger partial charge in [0.2, 0.25) is 0 Å². The van der Waals surface area contributed by atoms with E-state index in [2.05, 4.69) is 26.1 Å². The Balaban J connectivity index is 4.58. The minimum atomic E-state index is -1.15. The predicted octanol–water partition coefficient (Wildman–Crippen LogP) is 6.26. The molecule has 24 heavy (non-hydrogen) atoms. The van der Waals surface area contributed by atoms with Gasteiger partial charge in [-0.15, -0.1) is 0 Å². The summed E-state index contributed by atoms with van der Waals surface area (Å²) in [5, 5.41) is 3.74. The molecule has 2 nitrogen and oxygen atoms in total. The highest BCUT2D eigenvalue weighted by atomic mass is 28.3. The second kappa shape index (κ2) is 17.9. The molecule has 0 amide bonds. The maximum absolute atomic E-state index is 5.73. The smallest absolute Gasteiger partial charge is 0.0687 e. The summed E-state index contributed by atoms with van der Waals surface area (Å²) in [6.45, 7) is 8.76. The summed E-state index contributed by atoms with van der Waals surface area (Å²) >= 11 is 0. The van der Waals surface area contributed by atoms with Crippen LogP contribution in [0.15, 0.2) is 0 Å². The number of rotatable bonds is 19. The van der Waals surface area contributed by atoms with Gasteiger partial charge in [0.1, 0.15) is 0 Å². The van der Waals surface area contributed by atoms with Crippen molar-refractivity contribution in [1.82, 2.24) is 5.32 Å². The van der Waals surface area contributed by atoms with Crippen LogP contribution in [-0.4, -0.2) is 27.3 Å². The fourth-order valence-corrected chi connectivity index (χ4v) is 8.86. The molecule has 0 aromatic rings. The minimum Gasteiger partial charge on any atom is -0.329 e. The minimum absolute atomic E-state index is 0.784. The van der Waals surface area contributed by atoms with Crippen LogP contribution in [0.1, 0.15) is 97.8 Å².